The largest absolute Gasteiger partial charge is 0.392 e. The Hall–Kier alpha value is -0.680. The van der Waals surface area contributed by atoms with E-state index in [0.717, 1.165) is 25.9 Å². The summed E-state index contributed by atoms with van der Waals surface area (Å²) in [6.45, 7) is 5.18. The molecule has 0 heterocycles. The Balaban J connectivity index is 2.48. The molecule has 1 atom stereocenters. The van der Waals surface area contributed by atoms with Gasteiger partial charge in [-0.3, -0.25) is 4.79 Å². The van der Waals surface area contributed by atoms with Crippen molar-refractivity contribution >= 4 is 23.1 Å². The molecule has 0 radical (unpaired) electrons. The van der Waals surface area contributed by atoms with Gasteiger partial charge in [-0.15, -0.1) is 0 Å². The number of rotatable bonds is 8. The second-order valence-corrected chi connectivity index (χ2v) is 5.92. The van der Waals surface area contributed by atoms with Crippen LogP contribution in [-0.2, 0) is 9.53 Å². The summed E-state index contributed by atoms with van der Waals surface area (Å²) >= 11 is 5.00. The van der Waals surface area contributed by atoms with Crippen LogP contribution in [0.25, 0.3) is 0 Å². The van der Waals surface area contributed by atoms with Crippen molar-refractivity contribution in [2.75, 3.05) is 20.3 Å². The van der Waals surface area contributed by atoms with E-state index >= 15 is 0 Å². The van der Waals surface area contributed by atoms with Gasteiger partial charge in [0.25, 0.3) is 0 Å². The number of nitrogens with two attached hydrogens (primary N) is 1. The quantitative estimate of drug-likeness (QED) is 0.659. The van der Waals surface area contributed by atoms with E-state index in [1.54, 1.807) is 14.0 Å². The van der Waals surface area contributed by atoms with Crippen molar-refractivity contribution < 1.29 is 9.53 Å². The number of hydrogen-bond acceptors (Lipinski definition) is 3. The molecule has 1 unspecified atom stereocenters. The lowest BCUT2D eigenvalue weighted by molar-refractivity contribution is -0.127. The number of amides is 1. The van der Waals surface area contributed by atoms with E-state index in [-0.39, 0.29) is 16.3 Å². The molecule has 1 fully saturated rings. The summed E-state index contributed by atoms with van der Waals surface area (Å²) in [6, 6.07) is 0. The van der Waals surface area contributed by atoms with Gasteiger partial charge in [-0.1, -0.05) is 19.1 Å². The predicted molar refractivity (Wildman–Crippen MR) is 76.4 cm³/mol. The first-order chi connectivity index (χ1) is 8.40. The molecule has 1 aliphatic rings. The number of thiocarbonyl (C=S) groups is 1. The van der Waals surface area contributed by atoms with Gasteiger partial charge < -0.3 is 15.8 Å². The molecule has 18 heavy (non-hydrogen) atoms. The highest BCUT2D eigenvalue weighted by Crippen LogP contribution is 2.48. The van der Waals surface area contributed by atoms with Gasteiger partial charge in [0.15, 0.2) is 0 Å². The summed E-state index contributed by atoms with van der Waals surface area (Å²) < 4.78 is 5.10. The maximum atomic E-state index is 12.2. The van der Waals surface area contributed by atoms with Crippen molar-refractivity contribution in [2.24, 2.45) is 16.6 Å². The zero-order chi connectivity index (χ0) is 13.8. The minimum absolute atomic E-state index is 0.0545. The Morgan fingerprint density at radius 3 is 2.56 bits per heavy atom. The molecule has 0 aromatic carbocycles. The molecule has 1 amide bonds. The Bertz CT molecular complexity index is 329. The standard InChI is InChI=1S/C13H24N2O2S/c1-4-12(2,10(14)18)11(16)15-9-13(5-6-13)7-8-17-3/h4-9H2,1-3H3,(H2,14,18)(H,15,16). The molecule has 1 rings (SSSR count). The number of methoxy groups -OCH3 is 1. The fourth-order valence-electron chi connectivity index (χ4n) is 1.92. The molecule has 3 N–H and O–H groups in total. The molecule has 0 aromatic rings. The third kappa shape index (κ3) is 3.42. The van der Waals surface area contributed by atoms with Crippen LogP contribution < -0.4 is 11.1 Å². The lowest BCUT2D eigenvalue weighted by atomic mass is 9.86. The van der Waals surface area contributed by atoms with Crippen molar-refractivity contribution in [1.29, 1.82) is 0 Å². The molecule has 0 aliphatic heterocycles. The average Bonchev–Trinajstić information content (AvgIpc) is 3.12. The molecule has 104 valence electrons. The number of hydrogen-bond donors (Lipinski definition) is 2. The van der Waals surface area contributed by atoms with Crippen LogP contribution in [0.15, 0.2) is 0 Å². The highest BCUT2D eigenvalue weighted by Gasteiger charge is 2.43. The lowest BCUT2D eigenvalue weighted by Gasteiger charge is -2.27. The van der Waals surface area contributed by atoms with Crippen LogP contribution >= 0.6 is 12.2 Å². The van der Waals surface area contributed by atoms with E-state index in [1.165, 1.54) is 0 Å². The van der Waals surface area contributed by atoms with Gasteiger partial charge in [-0.05, 0) is 38.0 Å². The van der Waals surface area contributed by atoms with E-state index < -0.39 is 5.41 Å². The third-order valence-corrected chi connectivity index (χ3v) is 4.62. The van der Waals surface area contributed by atoms with E-state index in [4.69, 9.17) is 22.7 Å². The summed E-state index contributed by atoms with van der Waals surface area (Å²) in [7, 11) is 1.70. The number of carbonyl (C=O) groups excluding carboxylic acids is 1. The first kappa shape index (κ1) is 15.4. The van der Waals surface area contributed by atoms with Gasteiger partial charge in [0.2, 0.25) is 5.91 Å². The topological polar surface area (TPSA) is 64.3 Å². The maximum absolute atomic E-state index is 12.2. The van der Waals surface area contributed by atoms with Crippen LogP contribution in [-0.4, -0.2) is 31.2 Å². The number of ether oxygens (including phenoxy) is 1. The molecule has 1 aliphatic carbocycles. The first-order valence-corrected chi connectivity index (χ1v) is 6.88. The van der Waals surface area contributed by atoms with E-state index in [9.17, 15) is 4.79 Å². The van der Waals surface area contributed by atoms with Crippen molar-refractivity contribution in [3.63, 3.8) is 0 Å². The van der Waals surface area contributed by atoms with Crippen LogP contribution in [0.2, 0.25) is 0 Å². The van der Waals surface area contributed by atoms with Crippen LogP contribution in [0.3, 0.4) is 0 Å². The van der Waals surface area contributed by atoms with Crippen molar-refractivity contribution in [3.05, 3.63) is 0 Å². The molecular weight excluding hydrogens is 248 g/mol. The summed E-state index contributed by atoms with van der Waals surface area (Å²) in [5, 5.41) is 3.01. The van der Waals surface area contributed by atoms with E-state index in [1.807, 2.05) is 6.92 Å². The monoisotopic (exact) mass is 272 g/mol. The molecule has 5 heteroatoms. The summed E-state index contributed by atoms with van der Waals surface area (Å²) in [5.74, 6) is -0.0545. The molecule has 0 aromatic heterocycles. The Kier molecular flexibility index (Phi) is 5.10. The van der Waals surface area contributed by atoms with Crippen molar-refractivity contribution in [2.45, 2.75) is 39.5 Å². The van der Waals surface area contributed by atoms with Crippen LogP contribution in [0.1, 0.15) is 39.5 Å². The predicted octanol–water partition coefficient (Wildman–Crippen LogP) is 1.62. The van der Waals surface area contributed by atoms with E-state index in [0.29, 0.717) is 13.0 Å². The zero-order valence-corrected chi connectivity index (χ0v) is 12.4. The first-order valence-electron chi connectivity index (χ1n) is 6.47. The SMILES string of the molecule is CCC(C)(C(=O)NCC1(CCOC)CC1)C(N)=S. The molecule has 0 spiro atoms. The summed E-state index contributed by atoms with van der Waals surface area (Å²) in [4.78, 5) is 12.4. The number of nitrogens with one attached hydrogen (secondary N) is 1. The van der Waals surface area contributed by atoms with Crippen LogP contribution in [0, 0.1) is 10.8 Å². The Morgan fingerprint density at radius 1 is 1.56 bits per heavy atom. The molecule has 4 nitrogen and oxygen atoms in total. The third-order valence-electron chi connectivity index (χ3n) is 4.17. The summed E-state index contributed by atoms with van der Waals surface area (Å²) in [5.41, 5.74) is 5.19. The second-order valence-electron chi connectivity index (χ2n) is 5.48. The van der Waals surface area contributed by atoms with E-state index in [2.05, 4.69) is 5.32 Å². The Labute approximate surface area is 115 Å². The van der Waals surface area contributed by atoms with Gasteiger partial charge in [-0.25, -0.2) is 0 Å². The van der Waals surface area contributed by atoms with Crippen LogP contribution in [0.5, 0.6) is 0 Å². The minimum Gasteiger partial charge on any atom is -0.392 e. The Morgan fingerprint density at radius 2 is 2.17 bits per heavy atom. The minimum atomic E-state index is -0.729. The fourth-order valence-corrected chi connectivity index (χ4v) is 2.16. The summed E-state index contributed by atoms with van der Waals surface area (Å²) in [6.07, 6.45) is 3.94. The normalized spacial score (nSPS) is 19.9. The highest BCUT2D eigenvalue weighted by molar-refractivity contribution is 7.80. The smallest absolute Gasteiger partial charge is 0.232 e. The zero-order valence-electron chi connectivity index (χ0n) is 11.5. The lowest BCUT2D eigenvalue weighted by Crippen LogP contribution is -2.48. The van der Waals surface area contributed by atoms with Gasteiger partial charge in [0, 0.05) is 20.3 Å². The maximum Gasteiger partial charge on any atom is 0.232 e. The number of carbonyl (C=O) groups is 1. The molecule has 1 saturated carbocycles. The van der Waals surface area contributed by atoms with Crippen molar-refractivity contribution in [1.82, 2.24) is 5.32 Å². The van der Waals surface area contributed by atoms with Crippen molar-refractivity contribution in [3.8, 4) is 0 Å². The molecular formula is C13H24N2O2S. The van der Waals surface area contributed by atoms with Gasteiger partial charge in [0.05, 0.1) is 10.4 Å². The fraction of sp³-hybridized carbons (Fsp3) is 0.846. The average molecular weight is 272 g/mol. The molecule has 0 bridgehead atoms. The van der Waals surface area contributed by atoms with Crippen LogP contribution in [0.4, 0.5) is 0 Å². The highest BCUT2D eigenvalue weighted by atomic mass is 32.1. The van der Waals surface area contributed by atoms with Gasteiger partial charge >= 0.3 is 0 Å². The molecule has 0 saturated heterocycles. The van der Waals surface area contributed by atoms with Gasteiger partial charge in [0.1, 0.15) is 0 Å². The second kappa shape index (κ2) is 5.97. The van der Waals surface area contributed by atoms with Gasteiger partial charge in [-0.2, -0.15) is 0 Å².